The Labute approximate surface area is 179 Å². The van der Waals surface area contributed by atoms with Gasteiger partial charge in [-0.25, -0.2) is 9.78 Å². The summed E-state index contributed by atoms with van der Waals surface area (Å²) in [5, 5.41) is 2.70. The van der Waals surface area contributed by atoms with Gasteiger partial charge in [0.25, 0.3) is 0 Å². The summed E-state index contributed by atoms with van der Waals surface area (Å²) in [6.07, 6.45) is -9.18. The van der Waals surface area contributed by atoms with Crippen LogP contribution in [0.4, 0.5) is 42.9 Å². The van der Waals surface area contributed by atoms with Crippen LogP contribution in [0.25, 0.3) is 0 Å². The first kappa shape index (κ1) is 23.6. The number of nitrogens with zero attached hydrogens (tertiary/aromatic N) is 3. The number of carbonyl (C=O) groups is 1. The van der Waals surface area contributed by atoms with Gasteiger partial charge in [0.2, 0.25) is 5.95 Å². The molecule has 1 aromatic carbocycles. The maximum absolute atomic E-state index is 13.1. The van der Waals surface area contributed by atoms with Crippen molar-refractivity contribution in [3.8, 4) is 0 Å². The van der Waals surface area contributed by atoms with Gasteiger partial charge in [0, 0.05) is 6.20 Å². The first-order valence-electron chi connectivity index (χ1n) is 9.62. The number of aromatic nitrogens is 2. The Morgan fingerprint density at radius 2 is 1.66 bits per heavy atom. The molecular weight excluding hydrogens is 442 g/mol. The van der Waals surface area contributed by atoms with E-state index >= 15 is 0 Å². The molecular formula is C20H20F6N4O2. The van der Waals surface area contributed by atoms with Crippen molar-refractivity contribution >= 4 is 17.9 Å². The molecule has 0 unspecified atom stereocenters. The predicted molar refractivity (Wildman–Crippen MR) is 103 cm³/mol. The van der Waals surface area contributed by atoms with Gasteiger partial charge in [0.05, 0.1) is 23.2 Å². The van der Waals surface area contributed by atoms with Crippen LogP contribution < -0.4 is 10.2 Å². The highest BCUT2D eigenvalue weighted by Gasteiger charge is 2.38. The molecule has 1 N–H and O–H groups in total. The van der Waals surface area contributed by atoms with E-state index in [1.54, 1.807) is 0 Å². The fourth-order valence-corrected chi connectivity index (χ4v) is 3.25. The topological polar surface area (TPSA) is 67.3 Å². The van der Waals surface area contributed by atoms with Crippen molar-refractivity contribution in [3.63, 3.8) is 0 Å². The first-order valence-corrected chi connectivity index (χ1v) is 9.62. The number of anilines is 2. The third kappa shape index (κ3) is 5.05. The summed E-state index contributed by atoms with van der Waals surface area (Å²) in [6.45, 7) is 5.35. The van der Waals surface area contributed by atoms with Gasteiger partial charge in [-0.05, 0) is 42.7 Å². The Morgan fingerprint density at radius 3 is 2.19 bits per heavy atom. The number of rotatable bonds is 5. The fraction of sp³-hybridized carbons (Fsp3) is 0.450. The molecule has 1 amide bonds. The lowest BCUT2D eigenvalue weighted by Gasteiger charge is -2.24. The molecule has 2 heterocycles. The minimum Gasteiger partial charge on any atom is -0.447 e. The number of amides is 1. The summed E-state index contributed by atoms with van der Waals surface area (Å²) >= 11 is 0. The van der Waals surface area contributed by atoms with E-state index in [4.69, 9.17) is 4.74 Å². The standard InChI is InChI=1S/C20H20F6N4O2/c1-10(2)15-9-32-18(31)30(15)16-4-5-27-17(29-16)28-11(3)12-6-13(19(21,22)23)8-14(7-12)20(24,25)26/h4-8,10-11,15H,9H2,1-3H3,(H,27,28,29)/t11-,15+/m0/s1. The van der Waals surface area contributed by atoms with Crippen LogP contribution in [0.3, 0.4) is 0 Å². The first-order chi connectivity index (χ1) is 14.8. The third-order valence-electron chi connectivity index (χ3n) is 5.02. The minimum absolute atomic E-state index is 0.0534. The van der Waals surface area contributed by atoms with Gasteiger partial charge in [-0.3, -0.25) is 4.90 Å². The van der Waals surface area contributed by atoms with Crippen LogP contribution in [0, 0.1) is 5.92 Å². The summed E-state index contributed by atoms with van der Waals surface area (Å²) in [5.74, 6) is 0.191. The Hall–Kier alpha value is -3.05. The average Bonchev–Trinajstić information content (AvgIpc) is 3.08. The van der Waals surface area contributed by atoms with E-state index < -0.39 is 35.6 Å². The maximum atomic E-state index is 13.1. The molecule has 0 saturated carbocycles. The third-order valence-corrected chi connectivity index (χ3v) is 5.02. The number of halogens is 6. The predicted octanol–water partition coefficient (Wildman–Crippen LogP) is 5.67. The van der Waals surface area contributed by atoms with Crippen LogP contribution in [0.15, 0.2) is 30.5 Å². The second-order valence-corrected chi connectivity index (χ2v) is 7.70. The van der Waals surface area contributed by atoms with E-state index in [0.717, 1.165) is 0 Å². The van der Waals surface area contributed by atoms with Gasteiger partial charge in [-0.1, -0.05) is 13.8 Å². The quantitative estimate of drug-likeness (QED) is 0.580. The molecule has 174 valence electrons. The summed E-state index contributed by atoms with van der Waals surface area (Å²) in [6, 6.07) is 1.54. The van der Waals surface area contributed by atoms with E-state index in [-0.39, 0.29) is 42.0 Å². The zero-order valence-electron chi connectivity index (χ0n) is 17.3. The lowest BCUT2D eigenvalue weighted by atomic mass is 10.0. The van der Waals surface area contributed by atoms with E-state index in [1.165, 1.54) is 24.1 Å². The van der Waals surface area contributed by atoms with Crippen molar-refractivity contribution in [1.29, 1.82) is 0 Å². The molecule has 6 nitrogen and oxygen atoms in total. The smallest absolute Gasteiger partial charge is 0.416 e. The number of carbonyl (C=O) groups excluding carboxylic acids is 1. The zero-order valence-corrected chi connectivity index (χ0v) is 17.3. The Kier molecular flexibility index (Phi) is 6.25. The van der Waals surface area contributed by atoms with E-state index in [2.05, 4.69) is 15.3 Å². The van der Waals surface area contributed by atoms with E-state index in [9.17, 15) is 31.1 Å². The van der Waals surface area contributed by atoms with Gasteiger partial charge in [0.15, 0.2) is 0 Å². The number of hydrogen-bond donors (Lipinski definition) is 1. The molecule has 1 aromatic heterocycles. The highest BCUT2D eigenvalue weighted by Crippen LogP contribution is 2.38. The highest BCUT2D eigenvalue weighted by atomic mass is 19.4. The number of cyclic esters (lactones) is 1. The molecule has 1 fully saturated rings. The van der Waals surface area contributed by atoms with Crippen molar-refractivity contribution in [1.82, 2.24) is 9.97 Å². The van der Waals surface area contributed by atoms with Crippen LogP contribution in [0.5, 0.6) is 0 Å². The number of ether oxygens (including phenoxy) is 1. The van der Waals surface area contributed by atoms with Crippen molar-refractivity contribution in [2.24, 2.45) is 5.92 Å². The largest absolute Gasteiger partial charge is 0.447 e. The molecule has 1 aliphatic rings. The summed E-state index contributed by atoms with van der Waals surface area (Å²) in [7, 11) is 0. The molecule has 32 heavy (non-hydrogen) atoms. The molecule has 2 aromatic rings. The molecule has 2 atom stereocenters. The van der Waals surface area contributed by atoms with Crippen molar-refractivity contribution < 1.29 is 35.9 Å². The number of hydrogen-bond acceptors (Lipinski definition) is 5. The van der Waals surface area contributed by atoms with Crippen LogP contribution >= 0.6 is 0 Å². The normalized spacial score (nSPS) is 18.1. The molecule has 12 heteroatoms. The van der Waals surface area contributed by atoms with Gasteiger partial charge in [-0.15, -0.1) is 0 Å². The van der Waals surface area contributed by atoms with Gasteiger partial charge >= 0.3 is 18.4 Å². The maximum Gasteiger partial charge on any atom is 0.416 e. The zero-order chi connectivity index (χ0) is 23.8. The molecule has 1 aliphatic heterocycles. The van der Waals surface area contributed by atoms with Gasteiger partial charge in [0.1, 0.15) is 12.4 Å². The summed E-state index contributed by atoms with van der Waals surface area (Å²) < 4.78 is 83.8. The molecule has 1 saturated heterocycles. The van der Waals surface area contributed by atoms with Crippen molar-refractivity contribution in [3.05, 3.63) is 47.2 Å². The fourth-order valence-electron chi connectivity index (χ4n) is 3.25. The van der Waals surface area contributed by atoms with Crippen molar-refractivity contribution in [2.45, 2.75) is 45.2 Å². The van der Waals surface area contributed by atoms with E-state index in [0.29, 0.717) is 12.1 Å². The molecule has 0 aliphatic carbocycles. The van der Waals surface area contributed by atoms with Crippen molar-refractivity contribution in [2.75, 3.05) is 16.8 Å². The minimum atomic E-state index is -4.95. The molecule has 3 rings (SSSR count). The summed E-state index contributed by atoms with van der Waals surface area (Å²) in [5.41, 5.74) is -3.07. The molecule has 0 bridgehead atoms. The lowest BCUT2D eigenvalue weighted by Crippen LogP contribution is -2.37. The van der Waals surface area contributed by atoms with Crippen LogP contribution in [0.2, 0.25) is 0 Å². The monoisotopic (exact) mass is 462 g/mol. The highest BCUT2D eigenvalue weighted by molar-refractivity contribution is 5.89. The number of nitrogens with one attached hydrogen (secondary N) is 1. The van der Waals surface area contributed by atoms with Crippen LogP contribution in [-0.2, 0) is 17.1 Å². The SMILES string of the molecule is CC(C)[C@H]1COC(=O)N1c1ccnc(N[C@@H](C)c2cc(C(F)(F)F)cc(C(F)(F)F)c2)n1. The van der Waals surface area contributed by atoms with Gasteiger partial charge < -0.3 is 10.1 Å². The Bertz CT molecular complexity index is 961. The number of alkyl halides is 6. The van der Waals surface area contributed by atoms with E-state index in [1.807, 2.05) is 13.8 Å². The average molecular weight is 462 g/mol. The molecule has 0 spiro atoms. The second kappa shape index (κ2) is 8.47. The molecule has 0 radical (unpaired) electrons. The summed E-state index contributed by atoms with van der Waals surface area (Å²) in [4.78, 5) is 21.6. The lowest BCUT2D eigenvalue weighted by molar-refractivity contribution is -0.143. The number of benzene rings is 1. The Morgan fingerprint density at radius 1 is 1.06 bits per heavy atom. The second-order valence-electron chi connectivity index (χ2n) is 7.70. The Balaban J connectivity index is 1.90. The van der Waals surface area contributed by atoms with Crippen LogP contribution in [0.1, 0.15) is 43.5 Å². The van der Waals surface area contributed by atoms with Gasteiger partial charge in [-0.2, -0.15) is 31.3 Å². The van der Waals surface area contributed by atoms with Crippen LogP contribution in [-0.4, -0.2) is 28.7 Å².